The van der Waals surface area contributed by atoms with E-state index in [-0.39, 0.29) is 5.91 Å². The van der Waals surface area contributed by atoms with Crippen LogP contribution in [0.2, 0.25) is 0 Å². The second kappa shape index (κ2) is 5.42. The lowest BCUT2D eigenvalue weighted by molar-refractivity contribution is 0.0958. The van der Waals surface area contributed by atoms with E-state index >= 15 is 0 Å². The molecule has 1 amide bonds. The number of amides is 1. The zero-order chi connectivity index (χ0) is 13.0. The Morgan fingerprint density at radius 1 is 1.44 bits per heavy atom. The zero-order valence-corrected chi connectivity index (χ0v) is 10.6. The molecule has 92 valence electrons. The lowest BCUT2D eigenvalue weighted by Crippen LogP contribution is -2.17. The standard InChI is InChI=1S/C12H12N4OS/c1-8-10(18-12(13)15-8)11(17)16-14-7-9-5-3-2-4-6-9/h2-7H,1H3,(H2,13,15)(H,16,17)/b14-7+. The summed E-state index contributed by atoms with van der Waals surface area (Å²) in [4.78, 5) is 16.2. The van der Waals surface area contributed by atoms with Crippen LogP contribution in [0.15, 0.2) is 35.4 Å². The Hall–Kier alpha value is -2.21. The molecular formula is C12H12N4OS. The van der Waals surface area contributed by atoms with E-state index in [0.717, 1.165) is 16.9 Å². The summed E-state index contributed by atoms with van der Waals surface area (Å²) in [6.07, 6.45) is 1.58. The van der Waals surface area contributed by atoms with E-state index in [9.17, 15) is 4.79 Å². The topological polar surface area (TPSA) is 80.4 Å². The molecule has 0 atom stereocenters. The van der Waals surface area contributed by atoms with Gasteiger partial charge in [-0.2, -0.15) is 5.10 Å². The summed E-state index contributed by atoms with van der Waals surface area (Å²) in [5.74, 6) is -0.297. The minimum atomic E-state index is -0.297. The highest BCUT2D eigenvalue weighted by Crippen LogP contribution is 2.19. The van der Waals surface area contributed by atoms with Gasteiger partial charge in [0.1, 0.15) is 4.88 Å². The van der Waals surface area contributed by atoms with E-state index in [1.807, 2.05) is 30.3 Å². The Labute approximate surface area is 108 Å². The van der Waals surface area contributed by atoms with Crippen LogP contribution in [0.3, 0.4) is 0 Å². The van der Waals surface area contributed by atoms with Gasteiger partial charge in [-0.15, -0.1) is 0 Å². The summed E-state index contributed by atoms with van der Waals surface area (Å²) in [6, 6.07) is 9.50. The Kier molecular flexibility index (Phi) is 3.69. The molecule has 0 spiro atoms. The van der Waals surface area contributed by atoms with Gasteiger partial charge in [0.05, 0.1) is 11.9 Å². The maximum Gasteiger partial charge on any atom is 0.283 e. The molecule has 1 aromatic heterocycles. The van der Waals surface area contributed by atoms with Crippen molar-refractivity contribution in [2.24, 2.45) is 5.10 Å². The molecule has 0 aliphatic rings. The lowest BCUT2D eigenvalue weighted by atomic mass is 10.2. The van der Waals surface area contributed by atoms with Crippen LogP contribution in [0.25, 0.3) is 0 Å². The number of aromatic nitrogens is 1. The van der Waals surface area contributed by atoms with Gasteiger partial charge in [-0.3, -0.25) is 4.79 Å². The number of nitrogens with zero attached hydrogens (tertiary/aromatic N) is 2. The van der Waals surface area contributed by atoms with E-state index < -0.39 is 0 Å². The van der Waals surface area contributed by atoms with Crippen LogP contribution in [0.5, 0.6) is 0 Å². The summed E-state index contributed by atoms with van der Waals surface area (Å²) in [7, 11) is 0. The zero-order valence-electron chi connectivity index (χ0n) is 9.75. The van der Waals surface area contributed by atoms with Gasteiger partial charge < -0.3 is 5.73 Å². The largest absolute Gasteiger partial charge is 0.375 e. The van der Waals surface area contributed by atoms with Gasteiger partial charge >= 0.3 is 0 Å². The molecule has 5 nitrogen and oxygen atoms in total. The number of nitrogens with one attached hydrogen (secondary N) is 1. The third-order valence-electron chi connectivity index (χ3n) is 2.20. The first-order valence-electron chi connectivity index (χ1n) is 5.28. The molecule has 0 unspecified atom stereocenters. The second-order valence-corrected chi connectivity index (χ2v) is 4.61. The van der Waals surface area contributed by atoms with Crippen LogP contribution in [-0.2, 0) is 0 Å². The molecule has 0 saturated carbocycles. The molecular weight excluding hydrogens is 248 g/mol. The lowest BCUT2D eigenvalue weighted by Gasteiger charge is -1.96. The van der Waals surface area contributed by atoms with Crippen LogP contribution < -0.4 is 11.2 Å². The fourth-order valence-electron chi connectivity index (χ4n) is 1.38. The highest BCUT2D eigenvalue weighted by atomic mass is 32.1. The van der Waals surface area contributed by atoms with Crippen molar-refractivity contribution in [3.8, 4) is 0 Å². The van der Waals surface area contributed by atoms with Gasteiger partial charge in [0.15, 0.2) is 5.13 Å². The molecule has 0 aliphatic carbocycles. The summed E-state index contributed by atoms with van der Waals surface area (Å²) < 4.78 is 0. The van der Waals surface area contributed by atoms with Crippen LogP contribution in [0.4, 0.5) is 5.13 Å². The molecule has 0 aliphatic heterocycles. The maximum atomic E-state index is 11.8. The number of aryl methyl sites for hydroxylation is 1. The van der Waals surface area contributed by atoms with Gasteiger partial charge in [-0.05, 0) is 12.5 Å². The van der Waals surface area contributed by atoms with Gasteiger partial charge in [0.2, 0.25) is 0 Å². The third-order valence-corrected chi connectivity index (χ3v) is 3.18. The molecule has 0 radical (unpaired) electrons. The molecule has 0 bridgehead atoms. The summed E-state index contributed by atoms with van der Waals surface area (Å²) in [6.45, 7) is 1.74. The van der Waals surface area contributed by atoms with Crippen LogP contribution in [0.1, 0.15) is 20.9 Å². The molecule has 2 rings (SSSR count). The predicted molar refractivity (Wildman–Crippen MR) is 72.8 cm³/mol. The quantitative estimate of drug-likeness (QED) is 0.652. The highest BCUT2D eigenvalue weighted by molar-refractivity contribution is 7.17. The van der Waals surface area contributed by atoms with E-state index in [1.165, 1.54) is 0 Å². The van der Waals surface area contributed by atoms with Crippen LogP contribution in [0, 0.1) is 6.92 Å². The molecule has 1 aromatic carbocycles. The van der Waals surface area contributed by atoms with Crippen molar-refractivity contribution in [3.63, 3.8) is 0 Å². The normalized spacial score (nSPS) is 10.7. The van der Waals surface area contributed by atoms with Gasteiger partial charge in [-0.25, -0.2) is 10.4 Å². The minimum absolute atomic E-state index is 0.297. The van der Waals surface area contributed by atoms with Gasteiger partial charge in [0, 0.05) is 0 Å². The van der Waals surface area contributed by atoms with Crippen molar-refractivity contribution in [2.45, 2.75) is 6.92 Å². The number of nitrogens with two attached hydrogens (primary N) is 1. The van der Waals surface area contributed by atoms with Crippen LogP contribution >= 0.6 is 11.3 Å². The van der Waals surface area contributed by atoms with E-state index in [1.54, 1.807) is 13.1 Å². The molecule has 18 heavy (non-hydrogen) atoms. The van der Waals surface area contributed by atoms with Crippen molar-refractivity contribution in [1.29, 1.82) is 0 Å². The highest BCUT2D eigenvalue weighted by Gasteiger charge is 2.12. The first kappa shape index (κ1) is 12.3. The number of hydrogen-bond donors (Lipinski definition) is 2. The number of hydrogen-bond acceptors (Lipinski definition) is 5. The summed E-state index contributed by atoms with van der Waals surface area (Å²) >= 11 is 1.15. The molecule has 6 heteroatoms. The first-order chi connectivity index (χ1) is 8.66. The average molecular weight is 260 g/mol. The monoisotopic (exact) mass is 260 g/mol. The molecule has 0 fully saturated rings. The summed E-state index contributed by atoms with van der Waals surface area (Å²) in [5, 5.41) is 4.26. The number of thiazole rings is 1. The Morgan fingerprint density at radius 2 is 2.17 bits per heavy atom. The average Bonchev–Trinajstić information content (AvgIpc) is 2.70. The minimum Gasteiger partial charge on any atom is -0.375 e. The molecule has 2 aromatic rings. The number of nitrogen functional groups attached to an aromatic ring is 1. The Morgan fingerprint density at radius 3 is 2.78 bits per heavy atom. The number of carbonyl (C=O) groups excluding carboxylic acids is 1. The van der Waals surface area contributed by atoms with Crippen molar-refractivity contribution >= 4 is 28.6 Å². The third kappa shape index (κ3) is 2.92. The van der Waals surface area contributed by atoms with E-state index in [0.29, 0.717) is 15.7 Å². The SMILES string of the molecule is Cc1nc(N)sc1C(=O)N/N=C/c1ccccc1. The Bertz CT molecular complexity index is 577. The molecule has 1 heterocycles. The number of rotatable bonds is 3. The maximum absolute atomic E-state index is 11.8. The summed E-state index contributed by atoms with van der Waals surface area (Å²) in [5.41, 5.74) is 9.50. The van der Waals surface area contributed by atoms with Crippen molar-refractivity contribution < 1.29 is 4.79 Å². The van der Waals surface area contributed by atoms with Crippen LogP contribution in [-0.4, -0.2) is 17.1 Å². The van der Waals surface area contributed by atoms with Gasteiger partial charge in [0.25, 0.3) is 5.91 Å². The fraction of sp³-hybridized carbons (Fsp3) is 0.0833. The number of carbonyl (C=O) groups is 1. The number of benzene rings is 1. The predicted octanol–water partition coefficient (Wildman–Crippen LogP) is 1.80. The van der Waals surface area contributed by atoms with Crippen molar-refractivity contribution in [1.82, 2.24) is 10.4 Å². The first-order valence-corrected chi connectivity index (χ1v) is 6.10. The smallest absolute Gasteiger partial charge is 0.283 e. The number of hydrazone groups is 1. The molecule has 3 N–H and O–H groups in total. The van der Waals surface area contributed by atoms with E-state index in [2.05, 4.69) is 15.5 Å². The Balaban J connectivity index is 2.01. The van der Waals surface area contributed by atoms with Crippen molar-refractivity contribution in [3.05, 3.63) is 46.5 Å². The second-order valence-electron chi connectivity index (χ2n) is 3.58. The van der Waals surface area contributed by atoms with E-state index in [4.69, 9.17) is 5.73 Å². The number of anilines is 1. The molecule has 0 saturated heterocycles. The fourth-order valence-corrected chi connectivity index (χ4v) is 2.11. The van der Waals surface area contributed by atoms with Gasteiger partial charge in [-0.1, -0.05) is 41.7 Å². The van der Waals surface area contributed by atoms with Crippen molar-refractivity contribution in [2.75, 3.05) is 5.73 Å².